The van der Waals surface area contributed by atoms with E-state index in [0.717, 1.165) is 22.0 Å². The molecule has 0 spiro atoms. The Bertz CT molecular complexity index is 649. The number of carbonyl (C=O) groups is 2. The Morgan fingerprint density at radius 1 is 1.23 bits per heavy atom. The van der Waals surface area contributed by atoms with Gasteiger partial charge in [0.1, 0.15) is 0 Å². The first-order valence-corrected chi connectivity index (χ1v) is 8.76. The van der Waals surface area contributed by atoms with E-state index in [2.05, 4.69) is 33.1 Å². The molecule has 0 aliphatic rings. The number of carbonyl (C=O) groups excluding carboxylic acids is 2. The molecule has 0 fully saturated rings. The van der Waals surface area contributed by atoms with Gasteiger partial charge >= 0.3 is 0 Å². The molecule has 2 aromatic rings. The lowest BCUT2D eigenvalue weighted by Crippen LogP contribution is -2.30. The number of thiazole rings is 1. The minimum absolute atomic E-state index is 0.0411. The molecule has 22 heavy (non-hydrogen) atoms. The predicted molar refractivity (Wildman–Crippen MR) is 90.2 cm³/mol. The van der Waals surface area contributed by atoms with Crippen LogP contribution >= 0.6 is 22.7 Å². The number of nitrogens with zero attached hydrogens (tertiary/aromatic N) is 1. The van der Waals surface area contributed by atoms with E-state index in [9.17, 15) is 9.59 Å². The summed E-state index contributed by atoms with van der Waals surface area (Å²) in [5.74, 6) is -0.156. The van der Waals surface area contributed by atoms with Crippen LogP contribution in [-0.2, 0) is 16.0 Å². The van der Waals surface area contributed by atoms with Crippen LogP contribution in [0.5, 0.6) is 0 Å². The quantitative estimate of drug-likeness (QED) is 0.815. The van der Waals surface area contributed by atoms with Gasteiger partial charge in [-0.3, -0.25) is 9.59 Å². The summed E-state index contributed by atoms with van der Waals surface area (Å²) in [7, 11) is 0. The number of hydrogen-bond donors (Lipinski definition) is 2. The molecular weight excluding hydrogens is 318 g/mol. The molecule has 0 bridgehead atoms. The minimum atomic E-state index is -0.115. The first-order chi connectivity index (χ1) is 10.5. The molecule has 2 aromatic heterocycles. The number of hydrogen-bond acceptors (Lipinski definition) is 5. The van der Waals surface area contributed by atoms with E-state index in [0.29, 0.717) is 19.5 Å². The normalized spacial score (nSPS) is 10.5. The highest BCUT2D eigenvalue weighted by Crippen LogP contribution is 2.29. The van der Waals surface area contributed by atoms with Crippen molar-refractivity contribution in [2.75, 3.05) is 13.1 Å². The first-order valence-electron chi connectivity index (χ1n) is 7.07. The third-order valence-corrected chi connectivity index (χ3v) is 4.89. The van der Waals surface area contributed by atoms with Crippen molar-refractivity contribution in [1.29, 1.82) is 0 Å². The molecule has 0 saturated heterocycles. The molecule has 0 aromatic carbocycles. The summed E-state index contributed by atoms with van der Waals surface area (Å²) in [6.07, 6.45) is 1.12. The second-order valence-corrected chi connectivity index (χ2v) is 7.08. The van der Waals surface area contributed by atoms with Crippen molar-refractivity contribution in [2.24, 2.45) is 0 Å². The van der Waals surface area contributed by atoms with Crippen LogP contribution in [0.3, 0.4) is 0 Å². The van der Waals surface area contributed by atoms with Crippen LogP contribution in [0, 0.1) is 6.92 Å². The SMILES string of the molecule is CC(=O)NCCC(=O)NCCc1ccc(-c2csc(C)n2)s1. The Hall–Kier alpha value is -1.73. The zero-order valence-corrected chi connectivity index (χ0v) is 14.3. The molecule has 0 aliphatic carbocycles. The van der Waals surface area contributed by atoms with Crippen molar-refractivity contribution >= 4 is 34.5 Å². The molecule has 0 saturated carbocycles. The van der Waals surface area contributed by atoms with Crippen LogP contribution in [0.15, 0.2) is 17.5 Å². The summed E-state index contributed by atoms with van der Waals surface area (Å²) in [4.78, 5) is 29.1. The Balaban J connectivity index is 1.72. The second kappa shape index (κ2) is 8.05. The summed E-state index contributed by atoms with van der Waals surface area (Å²) < 4.78 is 0. The zero-order chi connectivity index (χ0) is 15.9. The largest absolute Gasteiger partial charge is 0.356 e. The maximum absolute atomic E-state index is 11.6. The van der Waals surface area contributed by atoms with Crippen molar-refractivity contribution in [1.82, 2.24) is 15.6 Å². The van der Waals surface area contributed by atoms with E-state index in [1.165, 1.54) is 11.8 Å². The van der Waals surface area contributed by atoms with Gasteiger partial charge in [-0.15, -0.1) is 22.7 Å². The van der Waals surface area contributed by atoms with E-state index in [1.807, 2.05) is 6.92 Å². The van der Waals surface area contributed by atoms with Gasteiger partial charge in [-0.05, 0) is 25.5 Å². The number of rotatable bonds is 7. The summed E-state index contributed by atoms with van der Waals surface area (Å²) in [6.45, 7) is 4.43. The van der Waals surface area contributed by atoms with Crippen molar-refractivity contribution < 1.29 is 9.59 Å². The van der Waals surface area contributed by atoms with Gasteiger partial charge in [-0.1, -0.05) is 0 Å². The average Bonchev–Trinajstić information content (AvgIpc) is 3.07. The molecule has 2 N–H and O–H groups in total. The number of thiophene rings is 1. The summed E-state index contributed by atoms with van der Waals surface area (Å²) in [5.41, 5.74) is 1.03. The van der Waals surface area contributed by atoms with Gasteiger partial charge in [0.25, 0.3) is 0 Å². The van der Waals surface area contributed by atoms with E-state index >= 15 is 0 Å². The van der Waals surface area contributed by atoms with Crippen LogP contribution in [0.1, 0.15) is 23.2 Å². The fourth-order valence-electron chi connectivity index (χ4n) is 1.89. The molecule has 0 radical (unpaired) electrons. The van der Waals surface area contributed by atoms with E-state index in [4.69, 9.17) is 0 Å². The standard InChI is InChI=1S/C15H19N3O2S2/c1-10(19)16-8-6-15(20)17-7-5-12-3-4-14(22-12)13-9-21-11(2)18-13/h3-4,9H,5-8H2,1-2H3,(H,16,19)(H,17,20). The maximum Gasteiger partial charge on any atom is 0.221 e. The highest BCUT2D eigenvalue weighted by molar-refractivity contribution is 7.16. The number of nitrogens with one attached hydrogen (secondary N) is 2. The maximum atomic E-state index is 11.6. The molecule has 0 aliphatic heterocycles. The zero-order valence-electron chi connectivity index (χ0n) is 12.6. The summed E-state index contributed by atoms with van der Waals surface area (Å²) in [6, 6.07) is 4.16. The smallest absolute Gasteiger partial charge is 0.221 e. The molecule has 0 unspecified atom stereocenters. The molecule has 2 amide bonds. The molecule has 7 heteroatoms. The lowest BCUT2D eigenvalue weighted by atomic mass is 10.3. The van der Waals surface area contributed by atoms with Crippen molar-refractivity contribution in [3.05, 3.63) is 27.4 Å². The molecule has 2 heterocycles. The van der Waals surface area contributed by atoms with Gasteiger partial charge in [0.2, 0.25) is 11.8 Å². The van der Waals surface area contributed by atoms with Crippen LogP contribution in [-0.4, -0.2) is 29.9 Å². The first kappa shape index (κ1) is 16.6. The molecule has 2 rings (SSSR count). The molecule has 5 nitrogen and oxygen atoms in total. The lowest BCUT2D eigenvalue weighted by Gasteiger charge is -2.04. The van der Waals surface area contributed by atoms with Gasteiger partial charge in [-0.25, -0.2) is 4.98 Å². The monoisotopic (exact) mass is 337 g/mol. The van der Waals surface area contributed by atoms with Crippen LogP contribution in [0.4, 0.5) is 0 Å². The van der Waals surface area contributed by atoms with Crippen molar-refractivity contribution in [3.63, 3.8) is 0 Å². The van der Waals surface area contributed by atoms with Crippen molar-refractivity contribution in [3.8, 4) is 10.6 Å². The van der Waals surface area contributed by atoms with E-state index in [1.54, 1.807) is 22.7 Å². The Kier molecular flexibility index (Phi) is 6.09. The fraction of sp³-hybridized carbons (Fsp3) is 0.400. The Labute approximate surface area is 137 Å². The number of aryl methyl sites for hydroxylation is 1. The van der Waals surface area contributed by atoms with Gasteiger partial charge in [-0.2, -0.15) is 0 Å². The van der Waals surface area contributed by atoms with E-state index < -0.39 is 0 Å². The Morgan fingerprint density at radius 2 is 2.05 bits per heavy atom. The highest BCUT2D eigenvalue weighted by Gasteiger charge is 2.07. The molecule has 118 valence electrons. The summed E-state index contributed by atoms with van der Waals surface area (Å²) in [5, 5.41) is 8.60. The second-order valence-electron chi connectivity index (χ2n) is 4.85. The third-order valence-electron chi connectivity index (χ3n) is 2.95. The van der Waals surface area contributed by atoms with Crippen molar-refractivity contribution in [2.45, 2.75) is 26.7 Å². The predicted octanol–water partition coefficient (Wildman–Crippen LogP) is 2.36. The molecular formula is C15H19N3O2S2. The third kappa shape index (κ3) is 5.23. The van der Waals surface area contributed by atoms with E-state index in [-0.39, 0.29) is 11.8 Å². The van der Waals surface area contributed by atoms with Crippen LogP contribution in [0.25, 0.3) is 10.6 Å². The van der Waals surface area contributed by atoms with Gasteiger partial charge in [0, 0.05) is 36.7 Å². The number of amides is 2. The Morgan fingerprint density at radius 3 is 2.73 bits per heavy atom. The highest BCUT2D eigenvalue weighted by atomic mass is 32.1. The van der Waals surface area contributed by atoms with Crippen LogP contribution in [0.2, 0.25) is 0 Å². The number of aromatic nitrogens is 1. The fourth-order valence-corrected chi connectivity index (χ4v) is 3.55. The van der Waals surface area contributed by atoms with Gasteiger partial charge in [0.05, 0.1) is 15.6 Å². The van der Waals surface area contributed by atoms with Crippen LogP contribution < -0.4 is 10.6 Å². The van der Waals surface area contributed by atoms with Gasteiger partial charge < -0.3 is 10.6 Å². The lowest BCUT2D eigenvalue weighted by molar-refractivity contribution is -0.121. The average molecular weight is 337 g/mol. The van der Waals surface area contributed by atoms with Gasteiger partial charge in [0.15, 0.2) is 0 Å². The molecule has 0 atom stereocenters. The minimum Gasteiger partial charge on any atom is -0.356 e. The summed E-state index contributed by atoms with van der Waals surface area (Å²) >= 11 is 3.36. The topological polar surface area (TPSA) is 71.1 Å².